The molecule has 0 fully saturated rings. The van der Waals surface area contributed by atoms with E-state index in [0.29, 0.717) is 31.1 Å². The molecule has 0 aliphatic carbocycles. The zero-order valence-electron chi connectivity index (χ0n) is 13.0. The summed E-state index contributed by atoms with van der Waals surface area (Å²) in [6.45, 7) is 2.47. The van der Waals surface area contributed by atoms with Crippen molar-refractivity contribution in [2.45, 2.75) is 39.2 Å². The van der Waals surface area contributed by atoms with Gasteiger partial charge in [-0.05, 0) is 18.6 Å². The van der Waals surface area contributed by atoms with Gasteiger partial charge in [0, 0.05) is 31.7 Å². The van der Waals surface area contributed by atoms with Crippen LogP contribution in [0, 0.1) is 0 Å². The Labute approximate surface area is 133 Å². The molecule has 0 radical (unpaired) electrons. The van der Waals surface area contributed by atoms with E-state index in [1.165, 1.54) is 0 Å². The second-order valence-electron chi connectivity index (χ2n) is 5.33. The molecule has 3 aromatic rings. The van der Waals surface area contributed by atoms with E-state index >= 15 is 0 Å². The van der Waals surface area contributed by atoms with Gasteiger partial charge in [0.1, 0.15) is 5.65 Å². The van der Waals surface area contributed by atoms with Crippen molar-refractivity contribution in [2.75, 3.05) is 0 Å². The Morgan fingerprint density at radius 2 is 2.22 bits per heavy atom. The van der Waals surface area contributed by atoms with Gasteiger partial charge in [-0.3, -0.25) is 4.79 Å². The van der Waals surface area contributed by atoms with Crippen molar-refractivity contribution in [3.05, 3.63) is 48.0 Å². The number of aromatic nitrogens is 4. The first-order valence-corrected chi connectivity index (χ1v) is 7.75. The molecule has 0 saturated carbocycles. The lowest BCUT2D eigenvalue weighted by molar-refractivity contribution is -0.121. The Hall–Kier alpha value is -2.70. The van der Waals surface area contributed by atoms with Gasteiger partial charge < -0.3 is 14.2 Å². The van der Waals surface area contributed by atoms with Crippen molar-refractivity contribution in [2.24, 2.45) is 0 Å². The number of aryl methyl sites for hydroxylation is 2. The normalized spacial score (nSPS) is 11.0. The molecule has 0 unspecified atom stereocenters. The summed E-state index contributed by atoms with van der Waals surface area (Å²) in [5, 5.41) is 6.73. The lowest BCUT2D eigenvalue weighted by Gasteiger charge is -2.01. The van der Waals surface area contributed by atoms with Gasteiger partial charge in [-0.15, -0.1) is 0 Å². The first kappa shape index (κ1) is 15.2. The third-order valence-corrected chi connectivity index (χ3v) is 3.43. The summed E-state index contributed by atoms with van der Waals surface area (Å²) < 4.78 is 7.04. The number of pyridine rings is 1. The predicted molar refractivity (Wildman–Crippen MR) is 83.7 cm³/mol. The van der Waals surface area contributed by atoms with Crippen molar-refractivity contribution in [3.63, 3.8) is 0 Å². The number of amides is 1. The number of nitrogens with zero attached hydrogens (tertiary/aromatic N) is 4. The Kier molecular flexibility index (Phi) is 4.65. The van der Waals surface area contributed by atoms with E-state index < -0.39 is 0 Å². The van der Waals surface area contributed by atoms with Gasteiger partial charge in [-0.1, -0.05) is 18.1 Å². The van der Waals surface area contributed by atoms with Gasteiger partial charge in [0.05, 0.1) is 12.2 Å². The van der Waals surface area contributed by atoms with Crippen molar-refractivity contribution in [1.29, 1.82) is 0 Å². The molecule has 0 aliphatic heterocycles. The largest absolute Gasteiger partial charge is 0.350 e. The van der Waals surface area contributed by atoms with Crippen LogP contribution in [0.3, 0.4) is 0 Å². The number of hydrogen-bond acceptors (Lipinski definition) is 5. The van der Waals surface area contributed by atoms with E-state index in [2.05, 4.69) is 27.4 Å². The Bertz CT molecular complexity index is 759. The van der Waals surface area contributed by atoms with Crippen molar-refractivity contribution in [3.8, 4) is 0 Å². The molecule has 3 rings (SSSR count). The summed E-state index contributed by atoms with van der Waals surface area (Å²) in [6.07, 6.45) is 6.37. The van der Waals surface area contributed by atoms with Crippen LogP contribution in [0.5, 0.6) is 0 Å². The third-order valence-electron chi connectivity index (χ3n) is 3.43. The standard InChI is InChI=1S/C16H19N5O2/c1-2-5-13-19-16(23-20-13)8-7-15(22)17-10-12-11-21-9-4-3-6-14(21)18-12/h3-4,6,9,11H,2,5,7-8,10H2,1H3,(H,17,22). The van der Waals surface area contributed by atoms with Crippen LogP contribution in [-0.4, -0.2) is 25.4 Å². The molecule has 3 aromatic heterocycles. The molecule has 1 N–H and O–H groups in total. The number of fused-ring (bicyclic) bond motifs is 1. The minimum absolute atomic E-state index is 0.0581. The van der Waals surface area contributed by atoms with E-state index in [-0.39, 0.29) is 5.91 Å². The fraction of sp³-hybridized carbons (Fsp3) is 0.375. The predicted octanol–water partition coefficient (Wildman–Crippen LogP) is 1.92. The quantitative estimate of drug-likeness (QED) is 0.720. The molecule has 0 aromatic carbocycles. The summed E-state index contributed by atoms with van der Waals surface area (Å²) in [6, 6.07) is 5.80. The van der Waals surface area contributed by atoms with Gasteiger partial charge in [-0.2, -0.15) is 4.98 Å². The molecule has 3 heterocycles. The van der Waals surface area contributed by atoms with Crippen molar-refractivity contribution >= 4 is 11.6 Å². The molecule has 0 spiro atoms. The van der Waals surface area contributed by atoms with E-state index in [9.17, 15) is 4.79 Å². The summed E-state index contributed by atoms with van der Waals surface area (Å²) in [5.41, 5.74) is 1.69. The molecular formula is C16H19N5O2. The van der Waals surface area contributed by atoms with E-state index in [0.717, 1.165) is 24.2 Å². The maximum Gasteiger partial charge on any atom is 0.227 e. The third kappa shape index (κ3) is 3.94. The van der Waals surface area contributed by atoms with Crippen LogP contribution in [0.4, 0.5) is 0 Å². The number of imidazole rings is 1. The molecule has 0 aliphatic rings. The van der Waals surface area contributed by atoms with Crippen LogP contribution >= 0.6 is 0 Å². The highest BCUT2D eigenvalue weighted by Crippen LogP contribution is 2.05. The number of hydrogen-bond donors (Lipinski definition) is 1. The highest BCUT2D eigenvalue weighted by molar-refractivity contribution is 5.75. The zero-order chi connectivity index (χ0) is 16.1. The van der Waals surface area contributed by atoms with Gasteiger partial charge in [0.15, 0.2) is 5.82 Å². The summed E-state index contributed by atoms with van der Waals surface area (Å²) in [7, 11) is 0. The molecule has 0 bridgehead atoms. The van der Waals surface area contributed by atoms with Crippen LogP contribution in [0.25, 0.3) is 5.65 Å². The number of carbonyl (C=O) groups is 1. The zero-order valence-corrected chi connectivity index (χ0v) is 13.0. The van der Waals surface area contributed by atoms with Crippen molar-refractivity contribution < 1.29 is 9.32 Å². The average Bonchev–Trinajstić information content (AvgIpc) is 3.17. The van der Waals surface area contributed by atoms with Gasteiger partial charge in [-0.25, -0.2) is 4.98 Å². The maximum atomic E-state index is 11.9. The summed E-state index contributed by atoms with van der Waals surface area (Å²) in [5.74, 6) is 1.15. The van der Waals surface area contributed by atoms with Crippen LogP contribution in [0.2, 0.25) is 0 Å². The smallest absolute Gasteiger partial charge is 0.227 e. The highest BCUT2D eigenvalue weighted by atomic mass is 16.5. The topological polar surface area (TPSA) is 85.3 Å². The molecule has 120 valence electrons. The van der Waals surface area contributed by atoms with E-state index in [4.69, 9.17) is 4.52 Å². The molecule has 0 atom stereocenters. The average molecular weight is 313 g/mol. The first-order valence-electron chi connectivity index (χ1n) is 7.75. The minimum Gasteiger partial charge on any atom is -0.350 e. The first-order chi connectivity index (χ1) is 11.2. The molecule has 7 heteroatoms. The Morgan fingerprint density at radius 3 is 3.04 bits per heavy atom. The van der Waals surface area contributed by atoms with E-state index in [1.807, 2.05) is 35.0 Å². The lowest BCUT2D eigenvalue weighted by atomic mass is 10.3. The lowest BCUT2D eigenvalue weighted by Crippen LogP contribution is -2.23. The fourth-order valence-corrected chi connectivity index (χ4v) is 2.29. The number of rotatable bonds is 7. The van der Waals surface area contributed by atoms with Crippen LogP contribution in [-0.2, 0) is 24.2 Å². The van der Waals surface area contributed by atoms with Gasteiger partial charge in [0.2, 0.25) is 11.8 Å². The fourth-order valence-electron chi connectivity index (χ4n) is 2.29. The minimum atomic E-state index is -0.0581. The second kappa shape index (κ2) is 7.04. The SMILES string of the molecule is CCCc1noc(CCC(=O)NCc2cn3ccccc3n2)n1. The van der Waals surface area contributed by atoms with Crippen LogP contribution < -0.4 is 5.32 Å². The van der Waals surface area contributed by atoms with Gasteiger partial charge >= 0.3 is 0 Å². The van der Waals surface area contributed by atoms with Gasteiger partial charge in [0.25, 0.3) is 0 Å². The Morgan fingerprint density at radius 1 is 1.30 bits per heavy atom. The molecular weight excluding hydrogens is 294 g/mol. The summed E-state index contributed by atoms with van der Waals surface area (Å²) >= 11 is 0. The number of carbonyl (C=O) groups excluding carboxylic acids is 1. The monoisotopic (exact) mass is 313 g/mol. The molecule has 1 amide bonds. The molecule has 0 saturated heterocycles. The molecule has 23 heavy (non-hydrogen) atoms. The van der Waals surface area contributed by atoms with E-state index in [1.54, 1.807) is 0 Å². The van der Waals surface area contributed by atoms with Crippen molar-refractivity contribution in [1.82, 2.24) is 24.8 Å². The maximum absolute atomic E-state index is 11.9. The van der Waals surface area contributed by atoms with Crippen LogP contribution in [0.15, 0.2) is 35.1 Å². The Balaban J connectivity index is 1.47. The van der Waals surface area contributed by atoms with Crippen LogP contribution in [0.1, 0.15) is 37.2 Å². The second-order valence-corrected chi connectivity index (χ2v) is 5.33. The number of nitrogens with one attached hydrogen (secondary N) is 1. The highest BCUT2D eigenvalue weighted by Gasteiger charge is 2.09. The summed E-state index contributed by atoms with van der Waals surface area (Å²) in [4.78, 5) is 20.6. The molecule has 7 nitrogen and oxygen atoms in total.